The second kappa shape index (κ2) is 6.46. The molecule has 0 radical (unpaired) electrons. The number of hydrogen-bond acceptors (Lipinski definition) is 4. The van der Waals surface area contributed by atoms with Gasteiger partial charge >= 0.3 is 0 Å². The molecule has 2 aliphatic heterocycles. The number of piperidine rings is 1. The van der Waals surface area contributed by atoms with Gasteiger partial charge in [0.1, 0.15) is 17.4 Å². The predicted molar refractivity (Wildman–Crippen MR) is 88.2 cm³/mol. The van der Waals surface area contributed by atoms with Crippen LogP contribution < -0.4 is 4.74 Å². The smallest absolute Gasteiger partial charge is 0.287 e. The molecule has 0 spiro atoms. The minimum Gasteiger partial charge on any atom is -0.496 e. The Morgan fingerprint density at radius 3 is 3.00 bits per heavy atom. The number of amides is 2. The number of carbonyl (C=O) groups is 2. The largest absolute Gasteiger partial charge is 0.496 e. The summed E-state index contributed by atoms with van der Waals surface area (Å²) >= 11 is 5.99. The molecule has 6 nitrogen and oxygen atoms in total. The number of fused-ring (bicyclic) bond motifs is 1. The van der Waals surface area contributed by atoms with E-state index in [1.165, 1.54) is 7.11 Å². The summed E-state index contributed by atoms with van der Waals surface area (Å²) in [5.74, 6) is -0.451. The minimum absolute atomic E-state index is 0.0263. The fraction of sp³-hybridized carbons (Fsp3) is 0.294. The summed E-state index contributed by atoms with van der Waals surface area (Å²) in [4.78, 5) is 30.1. The van der Waals surface area contributed by atoms with Crippen LogP contribution in [0.5, 0.6) is 5.75 Å². The monoisotopic (exact) mass is 343 g/mol. The second-order valence-corrected chi connectivity index (χ2v) is 5.99. The molecule has 122 valence electrons. The summed E-state index contributed by atoms with van der Waals surface area (Å²) < 4.78 is 5.24. The van der Waals surface area contributed by atoms with Crippen LogP contribution in [0, 0.1) is 17.2 Å². The Morgan fingerprint density at radius 2 is 2.29 bits per heavy atom. The molecule has 0 aromatic heterocycles. The lowest BCUT2D eigenvalue weighted by Crippen LogP contribution is -2.45. The highest BCUT2D eigenvalue weighted by Crippen LogP contribution is 2.27. The zero-order chi connectivity index (χ0) is 17.3. The quantitative estimate of drug-likeness (QED) is 0.824. The van der Waals surface area contributed by atoms with Gasteiger partial charge in [0.15, 0.2) is 0 Å². The van der Waals surface area contributed by atoms with Crippen LogP contribution in [0.25, 0.3) is 0 Å². The fourth-order valence-corrected chi connectivity index (χ4v) is 3.08. The van der Waals surface area contributed by atoms with Crippen molar-refractivity contribution in [2.45, 2.75) is 6.42 Å². The summed E-state index contributed by atoms with van der Waals surface area (Å²) in [7, 11) is 1.50. The maximum atomic E-state index is 12.8. The van der Waals surface area contributed by atoms with Crippen LogP contribution >= 0.6 is 11.6 Å². The number of nitriles is 1. The Balaban J connectivity index is 1.85. The maximum Gasteiger partial charge on any atom is 0.287 e. The number of halogens is 1. The highest BCUT2D eigenvalue weighted by Gasteiger charge is 2.32. The second-order valence-electron chi connectivity index (χ2n) is 5.55. The lowest BCUT2D eigenvalue weighted by molar-refractivity contribution is -0.114. The van der Waals surface area contributed by atoms with E-state index in [1.54, 1.807) is 29.2 Å². The number of hydrogen-bond donors (Lipinski definition) is 0. The third-order valence-corrected chi connectivity index (χ3v) is 4.36. The van der Waals surface area contributed by atoms with Crippen molar-refractivity contribution < 1.29 is 14.3 Å². The zero-order valence-electron chi connectivity index (χ0n) is 13.0. The van der Waals surface area contributed by atoms with Gasteiger partial charge in [0, 0.05) is 36.2 Å². The molecule has 1 saturated heterocycles. The minimum atomic E-state index is -0.500. The van der Waals surface area contributed by atoms with Gasteiger partial charge in [0.2, 0.25) is 0 Å². The number of carbonyl (C=O) groups excluding carboxylic acids is 2. The van der Waals surface area contributed by atoms with Gasteiger partial charge in [-0.2, -0.15) is 5.26 Å². The summed E-state index contributed by atoms with van der Waals surface area (Å²) in [6.45, 7) is 0.818. The van der Waals surface area contributed by atoms with E-state index in [0.29, 0.717) is 35.8 Å². The number of methoxy groups -OCH3 is 1. The van der Waals surface area contributed by atoms with Crippen LogP contribution in [0.15, 0.2) is 34.8 Å². The van der Waals surface area contributed by atoms with Crippen LogP contribution in [0.3, 0.4) is 0 Å². The summed E-state index contributed by atoms with van der Waals surface area (Å²) in [5, 5.41) is 9.44. The summed E-state index contributed by atoms with van der Waals surface area (Å²) in [6, 6.07) is 6.74. The molecule has 2 heterocycles. The van der Waals surface area contributed by atoms with Gasteiger partial charge < -0.3 is 9.64 Å². The molecule has 3 rings (SSSR count). The van der Waals surface area contributed by atoms with Crippen LogP contribution in [0.1, 0.15) is 16.8 Å². The Kier molecular flexibility index (Phi) is 4.36. The number of ether oxygens (including phenoxy) is 1. The van der Waals surface area contributed by atoms with Crippen LogP contribution in [0.2, 0.25) is 5.02 Å². The molecule has 1 atom stereocenters. The number of dihydropyridines is 1. The van der Waals surface area contributed by atoms with Crippen molar-refractivity contribution in [1.82, 2.24) is 4.90 Å². The maximum absolute atomic E-state index is 12.8. The molecule has 24 heavy (non-hydrogen) atoms. The first-order valence-electron chi connectivity index (χ1n) is 7.40. The van der Waals surface area contributed by atoms with E-state index in [4.69, 9.17) is 21.6 Å². The van der Waals surface area contributed by atoms with Crippen molar-refractivity contribution in [3.05, 3.63) is 40.4 Å². The van der Waals surface area contributed by atoms with E-state index in [1.807, 2.05) is 6.07 Å². The Labute approximate surface area is 144 Å². The summed E-state index contributed by atoms with van der Waals surface area (Å²) in [6.07, 6.45) is 2.10. The zero-order valence-corrected chi connectivity index (χ0v) is 13.7. The molecule has 2 aliphatic rings. The predicted octanol–water partition coefficient (Wildman–Crippen LogP) is 2.24. The third kappa shape index (κ3) is 2.91. The SMILES string of the molecule is COc1ccc(Cl)cc1C(=O)N1CCC2=NC(=O)C(C#N)=CC2C1. The highest BCUT2D eigenvalue weighted by molar-refractivity contribution is 6.31. The Bertz CT molecular complexity index is 823. The molecule has 1 fully saturated rings. The van der Waals surface area contributed by atoms with Gasteiger partial charge in [-0.05, 0) is 18.2 Å². The van der Waals surface area contributed by atoms with Crippen LogP contribution in [-0.2, 0) is 4.79 Å². The molecule has 7 heteroatoms. The van der Waals surface area contributed by atoms with Crippen molar-refractivity contribution in [2.75, 3.05) is 20.2 Å². The standard InChI is InChI=1S/C17H14ClN3O3/c1-24-15-3-2-12(18)7-13(15)17(23)21-5-4-14-11(9-21)6-10(8-19)16(22)20-14/h2-3,6-7,11H,4-5,9H2,1H3. The number of nitrogens with zero attached hydrogens (tertiary/aromatic N) is 3. The van der Waals surface area contributed by atoms with Crippen molar-refractivity contribution in [3.63, 3.8) is 0 Å². The van der Waals surface area contributed by atoms with Gasteiger partial charge in [-0.3, -0.25) is 9.59 Å². The molecule has 0 saturated carbocycles. The van der Waals surface area contributed by atoms with E-state index < -0.39 is 5.91 Å². The van der Waals surface area contributed by atoms with Gasteiger partial charge in [-0.25, -0.2) is 4.99 Å². The first-order valence-corrected chi connectivity index (χ1v) is 7.77. The lowest BCUT2D eigenvalue weighted by Gasteiger charge is -2.34. The fourth-order valence-electron chi connectivity index (χ4n) is 2.91. The van der Waals surface area contributed by atoms with Gasteiger partial charge in [0.05, 0.1) is 12.7 Å². The Morgan fingerprint density at radius 1 is 1.50 bits per heavy atom. The number of aliphatic imine (C=N–C) groups is 1. The number of rotatable bonds is 2. The van der Waals surface area contributed by atoms with Crippen LogP contribution in [-0.4, -0.2) is 42.6 Å². The van der Waals surface area contributed by atoms with E-state index in [-0.39, 0.29) is 17.4 Å². The average molecular weight is 344 g/mol. The number of benzene rings is 1. The lowest BCUT2D eigenvalue weighted by atomic mass is 9.90. The van der Waals surface area contributed by atoms with Crippen molar-refractivity contribution in [1.29, 1.82) is 5.26 Å². The molecule has 1 aromatic rings. The highest BCUT2D eigenvalue weighted by atomic mass is 35.5. The van der Waals surface area contributed by atoms with Crippen molar-refractivity contribution in [2.24, 2.45) is 10.9 Å². The van der Waals surface area contributed by atoms with E-state index in [0.717, 1.165) is 5.71 Å². The van der Waals surface area contributed by atoms with Crippen molar-refractivity contribution >= 4 is 29.1 Å². The third-order valence-electron chi connectivity index (χ3n) is 4.13. The molecular weight excluding hydrogens is 330 g/mol. The molecular formula is C17H14ClN3O3. The normalized spacial score (nSPS) is 19.8. The van der Waals surface area contributed by atoms with Gasteiger partial charge in [-0.15, -0.1) is 0 Å². The molecule has 2 amide bonds. The van der Waals surface area contributed by atoms with Gasteiger partial charge in [0.25, 0.3) is 11.8 Å². The van der Waals surface area contributed by atoms with Crippen molar-refractivity contribution in [3.8, 4) is 11.8 Å². The molecule has 1 aromatic carbocycles. The Hall–Kier alpha value is -2.65. The summed E-state index contributed by atoms with van der Waals surface area (Å²) in [5.41, 5.74) is 1.14. The molecule has 0 N–H and O–H groups in total. The van der Waals surface area contributed by atoms with E-state index in [2.05, 4.69) is 4.99 Å². The van der Waals surface area contributed by atoms with E-state index in [9.17, 15) is 9.59 Å². The number of likely N-dealkylation sites (tertiary alicyclic amines) is 1. The van der Waals surface area contributed by atoms with E-state index >= 15 is 0 Å². The molecule has 1 unspecified atom stereocenters. The molecule has 0 bridgehead atoms. The first-order chi connectivity index (χ1) is 11.5. The average Bonchev–Trinajstić information content (AvgIpc) is 2.60. The molecule has 0 aliphatic carbocycles. The topological polar surface area (TPSA) is 82.8 Å². The van der Waals surface area contributed by atoms with Crippen LogP contribution in [0.4, 0.5) is 0 Å². The van der Waals surface area contributed by atoms with Gasteiger partial charge in [-0.1, -0.05) is 17.7 Å². The first kappa shape index (κ1) is 16.2.